The first-order valence-corrected chi connectivity index (χ1v) is 7.10. The standard InChI is InChI=1S/C14H12Cl2N4O2/c15-10-6-9(7-11(16)8-10)13(21)14(22)18-12-2-5-20(19-12)4-1-3-17/h2,5-8,13,21H,1,4H2,(H,18,19,22). The van der Waals surface area contributed by atoms with Crippen LogP contribution in [-0.4, -0.2) is 20.8 Å². The second-order valence-electron chi connectivity index (χ2n) is 4.47. The number of aryl methyl sites for hydroxylation is 1. The maximum absolute atomic E-state index is 12.0. The SMILES string of the molecule is N#CCCn1ccc(NC(=O)C(O)c2cc(Cl)cc(Cl)c2)n1. The van der Waals surface area contributed by atoms with Gasteiger partial charge in [-0.05, 0) is 23.8 Å². The first-order chi connectivity index (χ1) is 10.5. The Morgan fingerprint density at radius 2 is 2.09 bits per heavy atom. The lowest BCUT2D eigenvalue weighted by Crippen LogP contribution is -2.21. The molecule has 2 aromatic rings. The molecule has 1 unspecified atom stereocenters. The van der Waals surface area contributed by atoms with Gasteiger partial charge in [-0.25, -0.2) is 0 Å². The molecule has 0 saturated carbocycles. The molecular weight excluding hydrogens is 327 g/mol. The molecule has 0 aliphatic carbocycles. The summed E-state index contributed by atoms with van der Waals surface area (Å²) in [5.74, 6) is -0.362. The summed E-state index contributed by atoms with van der Waals surface area (Å²) in [6, 6.07) is 8.01. The minimum atomic E-state index is -1.42. The number of hydrogen-bond acceptors (Lipinski definition) is 4. The van der Waals surface area contributed by atoms with Crippen molar-refractivity contribution >= 4 is 34.9 Å². The number of aliphatic hydroxyl groups excluding tert-OH is 1. The van der Waals surface area contributed by atoms with Gasteiger partial charge in [-0.3, -0.25) is 9.48 Å². The molecule has 114 valence electrons. The molecular formula is C14H12Cl2N4O2. The average molecular weight is 339 g/mol. The molecule has 0 aliphatic heterocycles. The first kappa shape index (κ1) is 16.3. The number of benzene rings is 1. The maximum atomic E-state index is 12.0. The van der Waals surface area contributed by atoms with Crippen molar-refractivity contribution in [2.45, 2.75) is 19.1 Å². The van der Waals surface area contributed by atoms with Crippen LogP contribution in [0.1, 0.15) is 18.1 Å². The zero-order chi connectivity index (χ0) is 16.1. The lowest BCUT2D eigenvalue weighted by atomic mass is 10.1. The van der Waals surface area contributed by atoms with Crippen LogP contribution >= 0.6 is 23.2 Å². The second-order valence-corrected chi connectivity index (χ2v) is 5.34. The first-order valence-electron chi connectivity index (χ1n) is 6.35. The van der Waals surface area contributed by atoms with Crippen molar-refractivity contribution in [3.8, 4) is 6.07 Å². The van der Waals surface area contributed by atoms with Crippen molar-refractivity contribution in [2.75, 3.05) is 5.32 Å². The largest absolute Gasteiger partial charge is 0.378 e. The van der Waals surface area contributed by atoms with Gasteiger partial charge in [-0.2, -0.15) is 10.4 Å². The zero-order valence-corrected chi connectivity index (χ0v) is 12.8. The summed E-state index contributed by atoms with van der Waals surface area (Å²) in [4.78, 5) is 12.0. The van der Waals surface area contributed by atoms with Crippen LogP contribution in [-0.2, 0) is 11.3 Å². The summed E-state index contributed by atoms with van der Waals surface area (Å²) >= 11 is 11.7. The lowest BCUT2D eigenvalue weighted by Gasteiger charge is -2.11. The van der Waals surface area contributed by atoms with E-state index in [0.29, 0.717) is 28.6 Å². The van der Waals surface area contributed by atoms with E-state index in [1.54, 1.807) is 12.3 Å². The third kappa shape index (κ3) is 4.21. The van der Waals surface area contributed by atoms with E-state index in [9.17, 15) is 9.90 Å². The van der Waals surface area contributed by atoms with Crippen LogP contribution in [0.15, 0.2) is 30.5 Å². The fraction of sp³-hybridized carbons (Fsp3) is 0.214. The van der Waals surface area contributed by atoms with Gasteiger partial charge in [0.05, 0.1) is 19.0 Å². The Labute approximate surface area is 136 Å². The fourth-order valence-corrected chi connectivity index (χ4v) is 2.34. The van der Waals surface area contributed by atoms with Crippen LogP contribution in [0.25, 0.3) is 0 Å². The number of rotatable bonds is 5. The predicted molar refractivity (Wildman–Crippen MR) is 82.5 cm³/mol. The molecule has 0 fully saturated rings. The predicted octanol–water partition coefficient (Wildman–Crippen LogP) is 2.78. The molecule has 8 heteroatoms. The number of carbonyl (C=O) groups is 1. The fourth-order valence-electron chi connectivity index (χ4n) is 1.80. The van der Waals surface area contributed by atoms with Crippen molar-refractivity contribution < 1.29 is 9.90 Å². The molecule has 0 radical (unpaired) electrons. The molecule has 6 nitrogen and oxygen atoms in total. The highest BCUT2D eigenvalue weighted by molar-refractivity contribution is 6.34. The summed E-state index contributed by atoms with van der Waals surface area (Å²) in [5.41, 5.74) is 0.291. The Balaban J connectivity index is 2.05. The van der Waals surface area contributed by atoms with Crippen molar-refractivity contribution in [1.82, 2.24) is 9.78 Å². The normalized spacial score (nSPS) is 11.7. The molecule has 1 aromatic carbocycles. The minimum Gasteiger partial charge on any atom is -0.378 e. The van der Waals surface area contributed by atoms with Gasteiger partial charge in [0, 0.05) is 22.3 Å². The van der Waals surface area contributed by atoms with Crippen LogP contribution in [0.2, 0.25) is 10.0 Å². The van der Waals surface area contributed by atoms with E-state index in [0.717, 1.165) is 0 Å². The van der Waals surface area contributed by atoms with Gasteiger partial charge in [0.2, 0.25) is 0 Å². The molecule has 0 bridgehead atoms. The average Bonchev–Trinajstić information content (AvgIpc) is 2.90. The molecule has 0 spiro atoms. The van der Waals surface area contributed by atoms with Gasteiger partial charge in [-0.1, -0.05) is 23.2 Å². The third-order valence-corrected chi connectivity index (χ3v) is 3.23. The number of aromatic nitrogens is 2. The van der Waals surface area contributed by atoms with Crippen LogP contribution in [0.5, 0.6) is 0 Å². The summed E-state index contributed by atoms with van der Waals surface area (Å²) in [5, 5.41) is 25.8. The number of nitrogens with zero attached hydrogens (tertiary/aromatic N) is 3. The number of hydrogen-bond donors (Lipinski definition) is 2. The van der Waals surface area contributed by atoms with Gasteiger partial charge in [0.15, 0.2) is 11.9 Å². The molecule has 1 amide bonds. The van der Waals surface area contributed by atoms with Gasteiger partial charge < -0.3 is 10.4 Å². The molecule has 1 heterocycles. The summed E-state index contributed by atoms with van der Waals surface area (Å²) in [7, 11) is 0. The number of anilines is 1. The monoisotopic (exact) mass is 338 g/mol. The van der Waals surface area contributed by atoms with E-state index in [1.807, 2.05) is 6.07 Å². The number of halogens is 2. The molecule has 0 aliphatic rings. The number of amides is 1. The molecule has 2 rings (SSSR count). The highest BCUT2D eigenvalue weighted by atomic mass is 35.5. The molecule has 1 aromatic heterocycles. The molecule has 22 heavy (non-hydrogen) atoms. The number of carbonyl (C=O) groups excluding carboxylic acids is 1. The van der Waals surface area contributed by atoms with Crippen molar-refractivity contribution in [3.63, 3.8) is 0 Å². The number of nitriles is 1. The van der Waals surface area contributed by atoms with E-state index in [4.69, 9.17) is 28.5 Å². The third-order valence-electron chi connectivity index (χ3n) is 2.79. The maximum Gasteiger partial charge on any atom is 0.259 e. The van der Waals surface area contributed by atoms with Crippen LogP contribution < -0.4 is 5.32 Å². The van der Waals surface area contributed by atoms with E-state index in [2.05, 4.69) is 10.4 Å². The summed E-state index contributed by atoms with van der Waals surface area (Å²) in [6.45, 7) is 0.429. The Kier molecular flexibility index (Phi) is 5.39. The molecule has 0 saturated heterocycles. The second kappa shape index (κ2) is 7.27. The topological polar surface area (TPSA) is 90.9 Å². The van der Waals surface area contributed by atoms with E-state index >= 15 is 0 Å². The zero-order valence-electron chi connectivity index (χ0n) is 11.3. The molecule has 1 atom stereocenters. The van der Waals surface area contributed by atoms with E-state index in [1.165, 1.54) is 22.9 Å². The van der Waals surface area contributed by atoms with Gasteiger partial charge >= 0.3 is 0 Å². The van der Waals surface area contributed by atoms with E-state index in [-0.39, 0.29) is 5.82 Å². The Bertz CT molecular complexity index is 704. The summed E-state index contributed by atoms with van der Waals surface area (Å²) < 4.78 is 1.53. The highest BCUT2D eigenvalue weighted by Crippen LogP contribution is 2.24. The van der Waals surface area contributed by atoms with Crippen LogP contribution in [0.3, 0.4) is 0 Å². The number of nitrogens with one attached hydrogen (secondary N) is 1. The van der Waals surface area contributed by atoms with Crippen molar-refractivity contribution in [2.24, 2.45) is 0 Å². The lowest BCUT2D eigenvalue weighted by molar-refractivity contribution is -0.124. The molecule has 2 N–H and O–H groups in total. The highest BCUT2D eigenvalue weighted by Gasteiger charge is 2.19. The van der Waals surface area contributed by atoms with Crippen molar-refractivity contribution in [3.05, 3.63) is 46.1 Å². The van der Waals surface area contributed by atoms with E-state index < -0.39 is 12.0 Å². The Hall–Kier alpha value is -2.07. The Morgan fingerprint density at radius 1 is 1.41 bits per heavy atom. The van der Waals surface area contributed by atoms with Gasteiger partial charge in [-0.15, -0.1) is 0 Å². The number of aliphatic hydroxyl groups is 1. The summed E-state index contributed by atoms with van der Waals surface area (Å²) in [6.07, 6.45) is 0.536. The van der Waals surface area contributed by atoms with Gasteiger partial charge in [0.1, 0.15) is 0 Å². The van der Waals surface area contributed by atoms with Crippen LogP contribution in [0, 0.1) is 11.3 Å². The Morgan fingerprint density at radius 3 is 2.73 bits per heavy atom. The minimum absolute atomic E-state index is 0.287. The quantitative estimate of drug-likeness (QED) is 0.876. The smallest absolute Gasteiger partial charge is 0.259 e. The van der Waals surface area contributed by atoms with Crippen LogP contribution in [0.4, 0.5) is 5.82 Å². The van der Waals surface area contributed by atoms with Crippen molar-refractivity contribution in [1.29, 1.82) is 5.26 Å². The van der Waals surface area contributed by atoms with Gasteiger partial charge in [0.25, 0.3) is 5.91 Å².